The van der Waals surface area contributed by atoms with Crippen molar-refractivity contribution in [2.24, 2.45) is 0 Å². The molecule has 0 bridgehead atoms. The monoisotopic (exact) mass is 262 g/mol. The van der Waals surface area contributed by atoms with Gasteiger partial charge >= 0.3 is 11.4 Å². The van der Waals surface area contributed by atoms with E-state index < -0.39 is 16.3 Å². The quantitative estimate of drug-likeness (QED) is 0.567. The molecular formula is C11H10N4O4. The molecule has 98 valence electrons. The molecule has 8 nitrogen and oxygen atoms in total. The molecule has 0 N–H and O–H groups in total. The summed E-state index contributed by atoms with van der Waals surface area (Å²) < 4.78 is 3.82. The van der Waals surface area contributed by atoms with Crippen molar-refractivity contribution in [3.05, 3.63) is 55.3 Å². The summed E-state index contributed by atoms with van der Waals surface area (Å²) in [5.74, 6) is 0. The molecule has 0 atom stereocenters. The maximum Gasteiger partial charge on any atom is 0.351 e. The second-order valence-corrected chi connectivity index (χ2v) is 4.27. The van der Waals surface area contributed by atoms with Crippen molar-refractivity contribution in [1.29, 1.82) is 0 Å². The van der Waals surface area contributed by atoms with Gasteiger partial charge in [-0.15, -0.1) is 0 Å². The van der Waals surface area contributed by atoms with Gasteiger partial charge in [0.15, 0.2) is 0 Å². The van der Waals surface area contributed by atoms with Crippen molar-refractivity contribution in [3.8, 4) is 5.69 Å². The van der Waals surface area contributed by atoms with Crippen molar-refractivity contribution >= 4 is 5.69 Å². The summed E-state index contributed by atoms with van der Waals surface area (Å²) in [5.41, 5.74) is -0.550. The topological polar surface area (TPSA) is 92.1 Å². The Hall–Kier alpha value is -2.64. The third-order valence-electron chi connectivity index (χ3n) is 3.17. The maximum atomic E-state index is 12.1. The zero-order chi connectivity index (χ0) is 13.6. The molecule has 19 heavy (non-hydrogen) atoms. The Morgan fingerprint density at radius 1 is 1.00 bits per heavy atom. The molecule has 0 aliphatic carbocycles. The number of nitro benzene ring substituents is 1. The minimum atomic E-state index is -0.529. The number of aromatic nitrogens is 3. The van der Waals surface area contributed by atoms with E-state index in [1.807, 2.05) is 0 Å². The highest BCUT2D eigenvalue weighted by atomic mass is 16.6. The molecule has 0 unspecified atom stereocenters. The van der Waals surface area contributed by atoms with E-state index in [9.17, 15) is 19.7 Å². The van der Waals surface area contributed by atoms with E-state index >= 15 is 0 Å². The van der Waals surface area contributed by atoms with Crippen molar-refractivity contribution in [2.45, 2.75) is 19.5 Å². The predicted octanol–water partition coefficient (Wildman–Crippen LogP) is 0.113. The Kier molecular flexibility index (Phi) is 2.37. The van der Waals surface area contributed by atoms with E-state index in [0.717, 1.165) is 11.0 Å². The lowest BCUT2D eigenvalue weighted by atomic mass is 10.3. The van der Waals surface area contributed by atoms with Crippen LogP contribution in [0.2, 0.25) is 0 Å². The Balaban J connectivity index is 2.16. The van der Waals surface area contributed by atoms with Gasteiger partial charge in [-0.3, -0.25) is 10.1 Å². The lowest BCUT2D eigenvalue weighted by molar-refractivity contribution is -0.384. The molecule has 1 aromatic carbocycles. The number of nitrogens with zero attached hydrogens (tertiary/aromatic N) is 4. The zero-order valence-electron chi connectivity index (χ0n) is 9.85. The van der Waals surface area contributed by atoms with Crippen molar-refractivity contribution in [2.75, 3.05) is 0 Å². The SMILES string of the molecule is O=c1n(-c2ccc([N+](=O)[O-])cc2)c(=O)n2n1CCC2. The van der Waals surface area contributed by atoms with E-state index in [2.05, 4.69) is 0 Å². The minimum absolute atomic E-state index is 0.0800. The van der Waals surface area contributed by atoms with Gasteiger partial charge in [-0.25, -0.2) is 23.5 Å². The highest BCUT2D eigenvalue weighted by Gasteiger charge is 2.21. The molecule has 3 rings (SSSR count). The molecule has 1 aromatic heterocycles. The molecule has 1 aliphatic rings. The number of benzene rings is 1. The average Bonchev–Trinajstić information content (AvgIpc) is 2.95. The molecule has 2 heterocycles. The van der Waals surface area contributed by atoms with Crippen LogP contribution in [0.3, 0.4) is 0 Å². The van der Waals surface area contributed by atoms with Crippen LogP contribution in [0.4, 0.5) is 5.69 Å². The third kappa shape index (κ3) is 1.60. The first-order chi connectivity index (χ1) is 9.09. The van der Waals surface area contributed by atoms with Gasteiger partial charge in [-0.2, -0.15) is 0 Å². The van der Waals surface area contributed by atoms with Crippen LogP contribution in [-0.2, 0) is 13.1 Å². The summed E-state index contributed by atoms with van der Waals surface area (Å²) in [7, 11) is 0. The fourth-order valence-corrected chi connectivity index (χ4v) is 2.27. The largest absolute Gasteiger partial charge is 0.351 e. The molecule has 0 saturated carbocycles. The molecule has 0 spiro atoms. The van der Waals surface area contributed by atoms with Gasteiger partial charge < -0.3 is 0 Å². The van der Waals surface area contributed by atoms with Gasteiger partial charge in [0.05, 0.1) is 10.6 Å². The predicted molar refractivity (Wildman–Crippen MR) is 65.6 cm³/mol. The fourth-order valence-electron chi connectivity index (χ4n) is 2.27. The average molecular weight is 262 g/mol. The van der Waals surface area contributed by atoms with Crippen molar-refractivity contribution < 1.29 is 4.92 Å². The Bertz CT molecular complexity index is 730. The maximum absolute atomic E-state index is 12.1. The lowest BCUT2D eigenvalue weighted by Crippen LogP contribution is -2.28. The number of hydrogen-bond donors (Lipinski definition) is 0. The third-order valence-corrected chi connectivity index (χ3v) is 3.17. The molecule has 0 radical (unpaired) electrons. The summed E-state index contributed by atoms with van der Waals surface area (Å²) in [6.07, 6.45) is 0.769. The molecular weight excluding hydrogens is 252 g/mol. The summed E-state index contributed by atoms with van der Waals surface area (Å²) in [4.78, 5) is 34.2. The molecule has 1 aliphatic heterocycles. The van der Waals surface area contributed by atoms with Gasteiger partial charge in [0.1, 0.15) is 0 Å². The van der Waals surface area contributed by atoms with Crippen molar-refractivity contribution in [1.82, 2.24) is 13.9 Å². The standard InChI is InChI=1S/C11H10N4O4/c16-10-12-6-1-7-13(12)11(17)14(10)8-2-4-9(5-3-8)15(18)19/h2-5H,1,6-7H2. The number of hydrogen-bond acceptors (Lipinski definition) is 4. The van der Waals surface area contributed by atoms with E-state index in [-0.39, 0.29) is 5.69 Å². The molecule has 2 aromatic rings. The zero-order valence-corrected chi connectivity index (χ0v) is 9.85. The van der Waals surface area contributed by atoms with Gasteiger partial charge in [0, 0.05) is 25.2 Å². The molecule has 0 fully saturated rings. The minimum Gasteiger partial charge on any atom is -0.258 e. The van der Waals surface area contributed by atoms with Crippen LogP contribution in [0.15, 0.2) is 33.9 Å². The van der Waals surface area contributed by atoms with Crippen LogP contribution in [0.5, 0.6) is 0 Å². The summed E-state index contributed by atoms with van der Waals surface area (Å²) in [6, 6.07) is 5.34. The van der Waals surface area contributed by atoms with E-state index in [1.165, 1.54) is 33.6 Å². The summed E-state index contributed by atoms with van der Waals surface area (Å²) >= 11 is 0. The summed E-state index contributed by atoms with van der Waals surface area (Å²) in [5, 5.41) is 10.6. The highest BCUT2D eigenvalue weighted by molar-refractivity contribution is 5.40. The second kappa shape index (κ2) is 3.94. The van der Waals surface area contributed by atoms with E-state index in [4.69, 9.17) is 0 Å². The fraction of sp³-hybridized carbons (Fsp3) is 0.273. The van der Waals surface area contributed by atoms with Crippen LogP contribution in [0.1, 0.15) is 6.42 Å². The van der Waals surface area contributed by atoms with Gasteiger partial charge in [0.2, 0.25) is 0 Å². The van der Waals surface area contributed by atoms with Crippen LogP contribution in [0, 0.1) is 10.1 Å². The molecule has 0 saturated heterocycles. The first-order valence-corrected chi connectivity index (χ1v) is 5.77. The Morgan fingerprint density at radius 2 is 1.53 bits per heavy atom. The number of non-ortho nitro benzene ring substituents is 1. The van der Waals surface area contributed by atoms with E-state index in [1.54, 1.807) is 0 Å². The van der Waals surface area contributed by atoms with Crippen molar-refractivity contribution in [3.63, 3.8) is 0 Å². The van der Waals surface area contributed by atoms with Crippen LogP contribution < -0.4 is 11.4 Å². The Labute approximate surface area is 106 Å². The second-order valence-electron chi connectivity index (χ2n) is 4.27. The number of nitro groups is 1. The van der Waals surface area contributed by atoms with Crippen LogP contribution in [0.25, 0.3) is 5.69 Å². The van der Waals surface area contributed by atoms with Crippen LogP contribution >= 0.6 is 0 Å². The lowest BCUT2D eigenvalue weighted by Gasteiger charge is -1.99. The van der Waals surface area contributed by atoms with E-state index in [0.29, 0.717) is 18.8 Å². The summed E-state index contributed by atoms with van der Waals surface area (Å²) in [6.45, 7) is 1.04. The first kappa shape index (κ1) is 11.5. The normalized spacial score (nSPS) is 13.5. The highest BCUT2D eigenvalue weighted by Crippen LogP contribution is 2.13. The first-order valence-electron chi connectivity index (χ1n) is 5.77. The van der Waals surface area contributed by atoms with Gasteiger partial charge in [-0.05, 0) is 18.6 Å². The number of fused-ring (bicyclic) bond motifs is 1. The molecule has 8 heteroatoms. The molecule has 0 amide bonds. The van der Waals surface area contributed by atoms with Gasteiger partial charge in [0.25, 0.3) is 5.69 Å². The Morgan fingerprint density at radius 3 is 2.00 bits per heavy atom. The van der Waals surface area contributed by atoms with Crippen LogP contribution in [-0.4, -0.2) is 18.9 Å². The van der Waals surface area contributed by atoms with Gasteiger partial charge in [-0.1, -0.05) is 0 Å². The smallest absolute Gasteiger partial charge is 0.258 e. The number of rotatable bonds is 2.